The Kier molecular flexibility index (Phi) is 7.45. The molecule has 11 heteroatoms. The lowest BCUT2D eigenvalue weighted by Crippen LogP contribution is -2.50. The summed E-state index contributed by atoms with van der Waals surface area (Å²) in [4.78, 5) is 43.9. The highest BCUT2D eigenvalue weighted by atomic mass is 32.3. The summed E-state index contributed by atoms with van der Waals surface area (Å²) >= 11 is 0. The van der Waals surface area contributed by atoms with Gasteiger partial charge >= 0.3 is 5.97 Å². The fraction of sp³-hybridized carbons (Fsp3) is 0.462. The second kappa shape index (κ2) is 10.3. The number of aliphatic carboxylic acids is 1. The van der Waals surface area contributed by atoms with Gasteiger partial charge in [-0.25, -0.2) is 23.8 Å². The number of hydrogen-bond acceptors (Lipinski definition) is 5. The molecule has 1 saturated carbocycles. The summed E-state index contributed by atoms with van der Waals surface area (Å²) in [6.07, 6.45) is 6.62. The Balaban J connectivity index is 1.62. The van der Waals surface area contributed by atoms with Crippen molar-refractivity contribution in [2.24, 2.45) is 11.8 Å². The number of aromatic nitrogens is 1. The Morgan fingerprint density at radius 2 is 1.81 bits per heavy atom. The van der Waals surface area contributed by atoms with Gasteiger partial charge in [-0.2, -0.15) is 0 Å². The zero-order valence-corrected chi connectivity index (χ0v) is 22.0. The molecule has 2 aromatic rings. The fourth-order valence-electron chi connectivity index (χ4n) is 5.11. The highest BCUT2D eigenvalue weighted by Crippen LogP contribution is 2.48. The summed E-state index contributed by atoms with van der Waals surface area (Å²) in [6.45, 7) is 0.221. The Hall–Kier alpha value is -3.21. The average molecular weight is 536 g/mol. The summed E-state index contributed by atoms with van der Waals surface area (Å²) in [5.74, 6) is -3.31. The third-order valence-electron chi connectivity index (χ3n) is 6.85. The standard InChI is InChI=1S/C26H31F2N3O5S/c1-36-21-6-5-17-20(30-21)7-8-31(26(35)15-9-14(10-15)11-22(32)33)23(17)25(34)29-16-12-18(27)24(19(28)13-16)37(2,3)4/h5-6,12-15,23H,7-11H2,1-4H3,(H,29,34)(H,32,33)/t14-,15+,23?. The lowest BCUT2D eigenvalue weighted by Gasteiger charge is -2.42. The number of carboxylic acids is 1. The van der Waals surface area contributed by atoms with E-state index in [0.29, 0.717) is 36.4 Å². The van der Waals surface area contributed by atoms with Gasteiger partial charge < -0.3 is 20.1 Å². The molecular weight excluding hydrogens is 504 g/mol. The van der Waals surface area contributed by atoms with Crippen LogP contribution in [0, 0.1) is 23.5 Å². The number of amides is 2. The first kappa shape index (κ1) is 26.8. The number of fused-ring (bicyclic) bond motifs is 1. The van der Waals surface area contributed by atoms with Crippen LogP contribution in [0.4, 0.5) is 14.5 Å². The first-order valence-corrected chi connectivity index (χ1v) is 14.8. The van der Waals surface area contributed by atoms with E-state index in [4.69, 9.17) is 9.84 Å². The highest BCUT2D eigenvalue weighted by Gasteiger charge is 2.43. The lowest BCUT2D eigenvalue weighted by atomic mass is 9.72. The zero-order chi connectivity index (χ0) is 27.1. The van der Waals surface area contributed by atoms with Crippen molar-refractivity contribution in [3.63, 3.8) is 0 Å². The molecule has 1 aliphatic carbocycles. The van der Waals surface area contributed by atoms with Gasteiger partial charge in [0.25, 0.3) is 5.91 Å². The average Bonchev–Trinajstić information content (AvgIpc) is 2.77. The zero-order valence-electron chi connectivity index (χ0n) is 21.2. The first-order valence-electron chi connectivity index (χ1n) is 11.9. The molecule has 1 aliphatic heterocycles. The minimum absolute atomic E-state index is 0.00232. The molecule has 4 rings (SSSR count). The second-order valence-electron chi connectivity index (χ2n) is 10.3. The van der Waals surface area contributed by atoms with Crippen LogP contribution in [0.5, 0.6) is 5.88 Å². The van der Waals surface area contributed by atoms with Crippen LogP contribution in [-0.2, 0) is 20.8 Å². The number of halogens is 2. The molecule has 1 aromatic heterocycles. The molecule has 0 radical (unpaired) electrons. The summed E-state index contributed by atoms with van der Waals surface area (Å²) in [7, 11) is -0.207. The van der Waals surface area contributed by atoms with Gasteiger partial charge in [-0.1, -0.05) is 0 Å². The topological polar surface area (TPSA) is 109 Å². The van der Waals surface area contributed by atoms with Gasteiger partial charge in [0.05, 0.1) is 17.7 Å². The predicted molar refractivity (Wildman–Crippen MR) is 136 cm³/mol. The van der Waals surface area contributed by atoms with Crippen LogP contribution < -0.4 is 10.1 Å². The number of benzene rings is 1. The van der Waals surface area contributed by atoms with E-state index in [0.717, 1.165) is 12.1 Å². The van der Waals surface area contributed by atoms with Crippen LogP contribution in [-0.4, -0.2) is 65.2 Å². The summed E-state index contributed by atoms with van der Waals surface area (Å²) < 4.78 is 34.8. The summed E-state index contributed by atoms with van der Waals surface area (Å²) in [6, 6.07) is 4.40. The van der Waals surface area contributed by atoms with Crippen molar-refractivity contribution in [2.45, 2.75) is 36.6 Å². The first-order chi connectivity index (χ1) is 17.4. The van der Waals surface area contributed by atoms with Crippen molar-refractivity contribution >= 4 is 33.5 Å². The van der Waals surface area contributed by atoms with E-state index in [1.165, 1.54) is 12.0 Å². The van der Waals surface area contributed by atoms with Crippen molar-refractivity contribution in [3.05, 3.63) is 47.2 Å². The summed E-state index contributed by atoms with van der Waals surface area (Å²) in [5, 5.41) is 11.6. The number of carbonyl (C=O) groups excluding carboxylic acids is 2. The third kappa shape index (κ3) is 5.56. The molecule has 2 aliphatic rings. The van der Waals surface area contributed by atoms with Gasteiger partial charge in [-0.3, -0.25) is 14.4 Å². The molecule has 8 nitrogen and oxygen atoms in total. The normalized spacial score (nSPS) is 21.5. The number of nitrogens with one attached hydrogen (secondary N) is 1. The quantitative estimate of drug-likeness (QED) is 0.555. The number of hydrogen-bond donors (Lipinski definition) is 2. The number of ether oxygens (including phenoxy) is 1. The van der Waals surface area contributed by atoms with Crippen LogP contribution in [0.3, 0.4) is 0 Å². The van der Waals surface area contributed by atoms with E-state index in [-0.39, 0.29) is 41.3 Å². The number of pyridine rings is 1. The van der Waals surface area contributed by atoms with Gasteiger partial charge in [-0.05, 0) is 55.7 Å². The maximum Gasteiger partial charge on any atom is 0.303 e. The van der Waals surface area contributed by atoms with E-state index in [1.54, 1.807) is 30.9 Å². The van der Waals surface area contributed by atoms with E-state index >= 15 is 0 Å². The summed E-state index contributed by atoms with van der Waals surface area (Å²) in [5.41, 5.74) is 1.07. The predicted octanol–water partition coefficient (Wildman–Crippen LogP) is 3.99. The molecule has 1 atom stereocenters. The van der Waals surface area contributed by atoms with Crippen LogP contribution in [0.25, 0.3) is 0 Å². The number of carboxylic acid groups (broad SMARTS) is 1. The van der Waals surface area contributed by atoms with Crippen LogP contribution in [0.1, 0.15) is 36.6 Å². The molecule has 2 heterocycles. The third-order valence-corrected chi connectivity index (χ3v) is 8.46. The van der Waals surface area contributed by atoms with E-state index in [2.05, 4.69) is 10.3 Å². The van der Waals surface area contributed by atoms with Crippen molar-refractivity contribution in [1.82, 2.24) is 9.88 Å². The molecule has 0 spiro atoms. The number of rotatable bonds is 7. The Morgan fingerprint density at radius 1 is 1.16 bits per heavy atom. The molecule has 1 aromatic carbocycles. The van der Waals surface area contributed by atoms with Crippen LogP contribution in [0.2, 0.25) is 0 Å². The smallest absolute Gasteiger partial charge is 0.303 e. The highest BCUT2D eigenvalue weighted by molar-refractivity contribution is 8.32. The number of carbonyl (C=O) groups is 3. The van der Waals surface area contributed by atoms with Crippen molar-refractivity contribution < 1.29 is 33.0 Å². The van der Waals surface area contributed by atoms with E-state index in [1.807, 2.05) is 0 Å². The van der Waals surface area contributed by atoms with Crippen molar-refractivity contribution in [3.8, 4) is 5.88 Å². The Morgan fingerprint density at radius 3 is 2.38 bits per heavy atom. The fourth-order valence-corrected chi connectivity index (χ4v) is 6.40. The van der Waals surface area contributed by atoms with E-state index < -0.39 is 39.6 Å². The van der Waals surface area contributed by atoms with Crippen LogP contribution >= 0.6 is 10.0 Å². The molecular formula is C26H31F2N3O5S. The molecule has 1 fully saturated rings. The monoisotopic (exact) mass is 535 g/mol. The van der Waals surface area contributed by atoms with Gasteiger partial charge in [-0.15, -0.1) is 0 Å². The molecule has 2 N–H and O–H groups in total. The van der Waals surface area contributed by atoms with Gasteiger partial charge in [0, 0.05) is 42.6 Å². The molecule has 200 valence electrons. The molecule has 1 unspecified atom stereocenters. The minimum Gasteiger partial charge on any atom is -0.481 e. The molecule has 0 saturated heterocycles. The van der Waals surface area contributed by atoms with Gasteiger partial charge in [0.1, 0.15) is 17.7 Å². The Labute approximate surface area is 215 Å². The number of methoxy groups -OCH3 is 1. The second-order valence-corrected chi connectivity index (χ2v) is 14.4. The largest absolute Gasteiger partial charge is 0.481 e. The minimum atomic E-state index is -1.69. The van der Waals surface area contributed by atoms with Crippen molar-refractivity contribution in [2.75, 3.05) is 37.7 Å². The van der Waals surface area contributed by atoms with Gasteiger partial charge in [0.15, 0.2) is 0 Å². The number of nitrogens with zero attached hydrogens (tertiary/aromatic N) is 2. The molecule has 2 amide bonds. The maximum absolute atomic E-state index is 14.8. The molecule has 37 heavy (non-hydrogen) atoms. The molecule has 0 bridgehead atoms. The SMILES string of the molecule is COc1ccc2c(n1)CCN(C(=O)[C@H]1C[C@@H](CC(=O)O)C1)C2C(=O)Nc1cc(F)c(S(C)(C)C)c(F)c1. The number of anilines is 1. The Bertz CT molecular complexity index is 1220. The van der Waals surface area contributed by atoms with E-state index in [9.17, 15) is 23.2 Å². The van der Waals surface area contributed by atoms with Crippen molar-refractivity contribution in [1.29, 1.82) is 0 Å². The van der Waals surface area contributed by atoms with Crippen LogP contribution in [0.15, 0.2) is 29.2 Å². The maximum atomic E-state index is 14.8. The lowest BCUT2D eigenvalue weighted by molar-refractivity contribution is -0.149. The van der Waals surface area contributed by atoms with Gasteiger partial charge in [0.2, 0.25) is 11.8 Å².